The molecule has 168 valence electrons. The summed E-state index contributed by atoms with van der Waals surface area (Å²) in [4.78, 5) is 38.7. The van der Waals surface area contributed by atoms with E-state index in [-0.39, 0.29) is 11.5 Å². The standard InChI is InChI=1S/C25H24N4O2S2/c30-23(20-11-6-16-32-20)27-12-14-28(15-13-27)25-26-22-21(18-9-4-5-10-19(18)33-22)24(31)29(25)17-7-2-1-3-8-17/h1-3,6-8,11,16H,4-5,9-10,12-15H2. The molecule has 0 atom stereocenters. The number of aromatic nitrogens is 2. The molecule has 0 saturated carbocycles. The quantitative estimate of drug-likeness (QED) is 0.441. The average molecular weight is 477 g/mol. The van der Waals surface area contributed by atoms with E-state index in [0.717, 1.165) is 40.0 Å². The maximum Gasteiger partial charge on any atom is 0.268 e. The van der Waals surface area contributed by atoms with Crippen LogP contribution in [0.3, 0.4) is 0 Å². The van der Waals surface area contributed by atoms with Gasteiger partial charge in [0.25, 0.3) is 11.5 Å². The molecule has 6 rings (SSSR count). The Balaban J connectivity index is 1.41. The Labute approximate surface area is 199 Å². The fourth-order valence-corrected chi connectivity index (χ4v) is 6.82. The van der Waals surface area contributed by atoms with E-state index < -0.39 is 0 Å². The van der Waals surface area contributed by atoms with Gasteiger partial charge in [0.1, 0.15) is 4.83 Å². The summed E-state index contributed by atoms with van der Waals surface area (Å²) in [6.45, 7) is 2.51. The Kier molecular flexibility index (Phi) is 5.27. The lowest BCUT2D eigenvalue weighted by Gasteiger charge is -2.36. The summed E-state index contributed by atoms with van der Waals surface area (Å²) in [5.41, 5.74) is 2.07. The number of hydrogen-bond donors (Lipinski definition) is 0. The van der Waals surface area contributed by atoms with Crippen molar-refractivity contribution in [3.63, 3.8) is 0 Å². The van der Waals surface area contributed by atoms with Crippen LogP contribution in [0.25, 0.3) is 15.9 Å². The Bertz CT molecular complexity index is 1370. The van der Waals surface area contributed by atoms with Crippen LogP contribution in [0.5, 0.6) is 0 Å². The minimum atomic E-state index is 0.0256. The Morgan fingerprint density at radius 2 is 1.73 bits per heavy atom. The van der Waals surface area contributed by atoms with Gasteiger partial charge in [-0.15, -0.1) is 22.7 Å². The summed E-state index contributed by atoms with van der Waals surface area (Å²) < 4.78 is 1.78. The highest BCUT2D eigenvalue weighted by atomic mass is 32.1. The number of aryl methyl sites for hydroxylation is 2. The van der Waals surface area contributed by atoms with Crippen LogP contribution in [0.2, 0.25) is 0 Å². The smallest absolute Gasteiger partial charge is 0.268 e. The van der Waals surface area contributed by atoms with Gasteiger partial charge in [0.2, 0.25) is 5.95 Å². The molecule has 1 aliphatic carbocycles. The van der Waals surface area contributed by atoms with Crippen LogP contribution >= 0.6 is 22.7 Å². The fraction of sp³-hybridized carbons (Fsp3) is 0.320. The van der Waals surface area contributed by atoms with Crippen molar-refractivity contribution in [2.75, 3.05) is 31.1 Å². The molecule has 0 N–H and O–H groups in total. The molecule has 6 nitrogen and oxygen atoms in total. The molecule has 1 aromatic carbocycles. The lowest BCUT2D eigenvalue weighted by Crippen LogP contribution is -2.50. The van der Waals surface area contributed by atoms with Crippen LogP contribution in [0.15, 0.2) is 52.6 Å². The van der Waals surface area contributed by atoms with Crippen molar-refractivity contribution in [1.29, 1.82) is 0 Å². The number of benzene rings is 1. The van der Waals surface area contributed by atoms with Gasteiger partial charge in [-0.05, 0) is 54.8 Å². The first-order chi connectivity index (χ1) is 16.2. The topological polar surface area (TPSA) is 58.4 Å². The van der Waals surface area contributed by atoms with E-state index in [4.69, 9.17) is 4.98 Å². The van der Waals surface area contributed by atoms with Gasteiger partial charge in [-0.25, -0.2) is 9.55 Å². The van der Waals surface area contributed by atoms with Crippen molar-refractivity contribution in [2.45, 2.75) is 25.7 Å². The number of carbonyl (C=O) groups excluding carboxylic acids is 1. The van der Waals surface area contributed by atoms with Gasteiger partial charge >= 0.3 is 0 Å². The molecule has 0 radical (unpaired) electrons. The summed E-state index contributed by atoms with van der Waals surface area (Å²) >= 11 is 3.16. The van der Waals surface area contributed by atoms with E-state index in [2.05, 4.69) is 4.90 Å². The second-order valence-corrected chi connectivity index (χ2v) is 10.6. The zero-order chi connectivity index (χ0) is 22.4. The van der Waals surface area contributed by atoms with Crippen molar-refractivity contribution in [1.82, 2.24) is 14.5 Å². The third-order valence-corrected chi connectivity index (χ3v) is 8.61. The van der Waals surface area contributed by atoms with E-state index in [0.29, 0.717) is 32.1 Å². The third-order valence-electron chi connectivity index (χ3n) is 6.57. The SMILES string of the molecule is O=C(c1cccs1)N1CCN(c2nc3sc4c(c3c(=O)n2-c2ccccc2)CCCC4)CC1. The van der Waals surface area contributed by atoms with E-state index in [1.165, 1.54) is 28.2 Å². The number of nitrogens with zero attached hydrogens (tertiary/aromatic N) is 4. The monoisotopic (exact) mass is 476 g/mol. The fourth-order valence-electron chi connectivity index (χ4n) is 4.88. The second-order valence-electron chi connectivity index (χ2n) is 8.54. The van der Waals surface area contributed by atoms with Crippen LogP contribution < -0.4 is 10.5 Å². The number of carbonyl (C=O) groups is 1. The molecule has 1 aliphatic heterocycles. The number of para-hydroxylation sites is 1. The van der Waals surface area contributed by atoms with Gasteiger partial charge in [-0.2, -0.15) is 0 Å². The first-order valence-corrected chi connectivity index (χ1v) is 13.1. The predicted molar refractivity (Wildman–Crippen MR) is 134 cm³/mol. The number of thiophene rings is 2. The normalized spacial score (nSPS) is 16.2. The van der Waals surface area contributed by atoms with Gasteiger partial charge in [0.15, 0.2) is 0 Å². The minimum absolute atomic E-state index is 0.0256. The Morgan fingerprint density at radius 3 is 2.48 bits per heavy atom. The molecule has 3 aromatic heterocycles. The largest absolute Gasteiger partial charge is 0.338 e. The molecular weight excluding hydrogens is 452 g/mol. The molecule has 8 heteroatoms. The molecule has 2 aliphatic rings. The van der Waals surface area contributed by atoms with Crippen molar-refractivity contribution in [2.24, 2.45) is 0 Å². The number of anilines is 1. The number of fused-ring (bicyclic) bond motifs is 3. The third kappa shape index (κ3) is 3.57. The summed E-state index contributed by atoms with van der Waals surface area (Å²) in [5.74, 6) is 0.764. The lowest BCUT2D eigenvalue weighted by atomic mass is 9.97. The molecule has 1 amide bonds. The maximum absolute atomic E-state index is 13.9. The molecule has 0 spiro atoms. The highest BCUT2D eigenvalue weighted by Crippen LogP contribution is 2.35. The molecule has 33 heavy (non-hydrogen) atoms. The van der Waals surface area contributed by atoms with Crippen molar-refractivity contribution < 1.29 is 4.79 Å². The summed E-state index contributed by atoms with van der Waals surface area (Å²) in [6, 6.07) is 13.6. The summed E-state index contributed by atoms with van der Waals surface area (Å²) in [5, 5.41) is 2.73. The molecule has 1 fully saturated rings. The highest BCUT2D eigenvalue weighted by molar-refractivity contribution is 7.18. The Morgan fingerprint density at radius 1 is 0.939 bits per heavy atom. The summed E-state index contributed by atoms with van der Waals surface area (Å²) in [6.07, 6.45) is 4.31. The van der Waals surface area contributed by atoms with Crippen LogP contribution in [0.1, 0.15) is 33.0 Å². The van der Waals surface area contributed by atoms with Crippen molar-refractivity contribution >= 4 is 44.7 Å². The van der Waals surface area contributed by atoms with Gasteiger partial charge in [-0.3, -0.25) is 9.59 Å². The van der Waals surface area contributed by atoms with E-state index in [1.54, 1.807) is 15.9 Å². The second kappa shape index (κ2) is 8.43. The van der Waals surface area contributed by atoms with E-state index >= 15 is 0 Å². The molecule has 4 heterocycles. The molecular formula is C25H24N4O2S2. The summed E-state index contributed by atoms with van der Waals surface area (Å²) in [7, 11) is 0. The molecule has 0 unspecified atom stereocenters. The van der Waals surface area contributed by atoms with Gasteiger partial charge in [-0.1, -0.05) is 24.3 Å². The zero-order valence-corrected chi connectivity index (χ0v) is 19.8. The molecule has 1 saturated heterocycles. The average Bonchev–Trinajstić information content (AvgIpc) is 3.52. The maximum atomic E-state index is 13.9. The van der Waals surface area contributed by atoms with Crippen molar-refractivity contribution in [3.05, 3.63) is 73.5 Å². The van der Waals surface area contributed by atoms with Gasteiger partial charge in [0, 0.05) is 31.1 Å². The van der Waals surface area contributed by atoms with Crippen LogP contribution in [0, 0.1) is 0 Å². The number of amides is 1. The first-order valence-electron chi connectivity index (χ1n) is 11.4. The van der Waals surface area contributed by atoms with Crippen LogP contribution in [0.4, 0.5) is 5.95 Å². The first kappa shape index (κ1) is 20.6. The van der Waals surface area contributed by atoms with Crippen LogP contribution in [-0.2, 0) is 12.8 Å². The number of hydrogen-bond acceptors (Lipinski definition) is 6. The van der Waals surface area contributed by atoms with Crippen LogP contribution in [-0.4, -0.2) is 46.5 Å². The predicted octanol–water partition coefficient (Wildman–Crippen LogP) is 4.35. The highest BCUT2D eigenvalue weighted by Gasteiger charge is 2.28. The van der Waals surface area contributed by atoms with Crippen molar-refractivity contribution in [3.8, 4) is 5.69 Å². The van der Waals surface area contributed by atoms with Gasteiger partial charge in [0.05, 0.1) is 16.0 Å². The van der Waals surface area contributed by atoms with Gasteiger partial charge < -0.3 is 9.80 Å². The van der Waals surface area contributed by atoms with E-state index in [9.17, 15) is 9.59 Å². The lowest BCUT2D eigenvalue weighted by molar-refractivity contribution is 0.0751. The zero-order valence-electron chi connectivity index (χ0n) is 18.2. The number of piperazine rings is 1. The number of rotatable bonds is 3. The molecule has 4 aromatic rings. The molecule has 0 bridgehead atoms. The minimum Gasteiger partial charge on any atom is -0.338 e. The Hall–Kier alpha value is -2.97. The van der Waals surface area contributed by atoms with E-state index in [1.807, 2.05) is 52.7 Å².